The Morgan fingerprint density at radius 2 is 1.68 bits per heavy atom. The van der Waals surface area contributed by atoms with Gasteiger partial charge in [0.05, 0.1) is 5.56 Å². The summed E-state index contributed by atoms with van der Waals surface area (Å²) < 4.78 is 10.9. The van der Waals surface area contributed by atoms with Crippen LogP contribution in [-0.4, -0.2) is 25.0 Å². The molecular formula is C22H26N2O4. The lowest BCUT2D eigenvalue weighted by Gasteiger charge is -2.19. The quantitative estimate of drug-likeness (QED) is 0.568. The molecular weight excluding hydrogens is 356 g/mol. The van der Waals surface area contributed by atoms with E-state index in [0.717, 1.165) is 0 Å². The number of para-hydroxylation sites is 1. The minimum atomic E-state index is -0.484. The number of hydrogen-bond donors (Lipinski definition) is 2. The molecule has 0 bridgehead atoms. The number of rotatable bonds is 7. The van der Waals surface area contributed by atoms with Gasteiger partial charge in [-0.25, -0.2) is 0 Å². The number of carbonyl (C=O) groups is 2. The third kappa shape index (κ3) is 6.16. The SMILES string of the molecule is C=CCOc1ccccc1C(=O)NNC(=O)COc1ccc(C(C)(C)C)cc1. The largest absolute Gasteiger partial charge is 0.489 e. The van der Waals surface area contributed by atoms with Gasteiger partial charge in [-0.05, 0) is 35.2 Å². The summed E-state index contributed by atoms with van der Waals surface area (Å²) in [5, 5.41) is 0. The van der Waals surface area contributed by atoms with Crippen LogP contribution >= 0.6 is 0 Å². The van der Waals surface area contributed by atoms with Crippen LogP contribution in [0, 0.1) is 0 Å². The van der Waals surface area contributed by atoms with Gasteiger partial charge in [-0.3, -0.25) is 20.4 Å². The molecule has 0 radical (unpaired) electrons. The second-order valence-corrected chi connectivity index (χ2v) is 7.16. The molecule has 0 atom stereocenters. The Bertz CT molecular complexity index is 823. The van der Waals surface area contributed by atoms with Crippen molar-refractivity contribution in [2.75, 3.05) is 13.2 Å². The molecule has 2 aromatic rings. The van der Waals surface area contributed by atoms with Gasteiger partial charge in [0.25, 0.3) is 11.8 Å². The fraction of sp³-hybridized carbons (Fsp3) is 0.273. The average Bonchev–Trinajstić information content (AvgIpc) is 2.68. The predicted molar refractivity (Wildman–Crippen MR) is 108 cm³/mol. The van der Waals surface area contributed by atoms with Crippen LogP contribution in [0.15, 0.2) is 61.2 Å². The Morgan fingerprint density at radius 3 is 2.32 bits per heavy atom. The zero-order valence-electron chi connectivity index (χ0n) is 16.5. The number of benzene rings is 2. The fourth-order valence-electron chi connectivity index (χ4n) is 2.36. The van der Waals surface area contributed by atoms with E-state index in [4.69, 9.17) is 9.47 Å². The van der Waals surface area contributed by atoms with Crippen LogP contribution in [0.25, 0.3) is 0 Å². The van der Waals surface area contributed by atoms with Crippen LogP contribution < -0.4 is 20.3 Å². The lowest BCUT2D eigenvalue weighted by atomic mass is 9.87. The molecule has 2 rings (SSSR count). The summed E-state index contributed by atoms with van der Waals surface area (Å²) in [6.07, 6.45) is 1.59. The molecule has 0 aliphatic heterocycles. The van der Waals surface area contributed by atoms with Gasteiger partial charge in [-0.1, -0.05) is 57.7 Å². The molecule has 0 saturated heterocycles. The summed E-state index contributed by atoms with van der Waals surface area (Å²) in [6, 6.07) is 14.3. The van der Waals surface area contributed by atoms with E-state index in [9.17, 15) is 9.59 Å². The monoisotopic (exact) mass is 382 g/mol. The summed E-state index contributed by atoms with van der Waals surface area (Å²) in [5.41, 5.74) is 6.22. The zero-order chi connectivity index (χ0) is 20.6. The number of ether oxygens (including phenoxy) is 2. The first kappa shape index (κ1) is 21.0. The van der Waals surface area contributed by atoms with E-state index in [1.165, 1.54) is 5.56 Å². The molecule has 0 spiro atoms. The predicted octanol–water partition coefficient (Wildman–Crippen LogP) is 3.39. The first-order valence-electron chi connectivity index (χ1n) is 8.96. The molecule has 6 nitrogen and oxygen atoms in total. The highest BCUT2D eigenvalue weighted by atomic mass is 16.5. The first-order chi connectivity index (χ1) is 13.3. The Morgan fingerprint density at radius 1 is 1.00 bits per heavy atom. The van der Waals surface area contributed by atoms with Crippen molar-refractivity contribution in [1.82, 2.24) is 10.9 Å². The van der Waals surface area contributed by atoms with Gasteiger partial charge in [0.15, 0.2) is 6.61 Å². The molecule has 0 aliphatic rings. The van der Waals surface area contributed by atoms with E-state index in [1.54, 1.807) is 30.3 Å². The second kappa shape index (κ2) is 9.60. The minimum absolute atomic E-state index is 0.0475. The average molecular weight is 382 g/mol. The van der Waals surface area contributed by atoms with Gasteiger partial charge >= 0.3 is 0 Å². The molecule has 0 unspecified atom stereocenters. The third-order valence-electron chi connectivity index (χ3n) is 3.89. The van der Waals surface area contributed by atoms with Gasteiger partial charge in [0.1, 0.15) is 18.1 Å². The molecule has 2 N–H and O–H groups in total. The number of hydrogen-bond acceptors (Lipinski definition) is 4. The smallest absolute Gasteiger partial charge is 0.276 e. The summed E-state index contributed by atoms with van der Waals surface area (Å²) in [5.74, 6) is 0.0299. The second-order valence-electron chi connectivity index (χ2n) is 7.16. The van der Waals surface area contributed by atoms with Crippen molar-refractivity contribution in [2.45, 2.75) is 26.2 Å². The summed E-state index contributed by atoms with van der Waals surface area (Å²) in [4.78, 5) is 24.2. The highest BCUT2D eigenvalue weighted by Crippen LogP contribution is 2.24. The highest BCUT2D eigenvalue weighted by molar-refractivity contribution is 5.97. The Kier molecular flexibility index (Phi) is 7.21. The van der Waals surface area contributed by atoms with Crippen molar-refractivity contribution >= 4 is 11.8 Å². The van der Waals surface area contributed by atoms with Crippen molar-refractivity contribution in [1.29, 1.82) is 0 Å². The fourth-order valence-corrected chi connectivity index (χ4v) is 2.36. The van der Waals surface area contributed by atoms with Crippen LogP contribution in [-0.2, 0) is 10.2 Å². The maximum absolute atomic E-state index is 12.3. The standard InChI is InChI=1S/C22H26N2O4/c1-5-14-27-19-9-7-6-8-18(19)21(26)24-23-20(25)15-28-17-12-10-16(11-13-17)22(2,3)4/h5-13H,1,14-15H2,2-4H3,(H,23,25)(H,24,26). The zero-order valence-corrected chi connectivity index (χ0v) is 16.5. The molecule has 0 aromatic heterocycles. The lowest BCUT2D eigenvalue weighted by Crippen LogP contribution is -2.43. The van der Waals surface area contributed by atoms with Crippen molar-refractivity contribution in [3.63, 3.8) is 0 Å². The minimum Gasteiger partial charge on any atom is -0.489 e. The van der Waals surface area contributed by atoms with Crippen LogP contribution in [0.4, 0.5) is 0 Å². The Labute approximate surface area is 165 Å². The summed E-state index contributed by atoms with van der Waals surface area (Å²) >= 11 is 0. The summed E-state index contributed by atoms with van der Waals surface area (Å²) in [6.45, 7) is 10.0. The number of nitrogens with one attached hydrogen (secondary N) is 2. The van der Waals surface area contributed by atoms with E-state index in [-0.39, 0.29) is 18.6 Å². The summed E-state index contributed by atoms with van der Waals surface area (Å²) in [7, 11) is 0. The number of amides is 2. The number of carbonyl (C=O) groups excluding carboxylic acids is 2. The van der Waals surface area contributed by atoms with E-state index in [1.807, 2.05) is 24.3 Å². The molecule has 0 saturated carbocycles. The molecule has 148 valence electrons. The molecule has 0 fully saturated rings. The van der Waals surface area contributed by atoms with Crippen molar-refractivity contribution < 1.29 is 19.1 Å². The molecule has 0 aliphatic carbocycles. The van der Waals surface area contributed by atoms with Crippen LogP contribution in [0.2, 0.25) is 0 Å². The molecule has 0 heterocycles. The van der Waals surface area contributed by atoms with Gasteiger partial charge in [0.2, 0.25) is 0 Å². The Hall–Kier alpha value is -3.28. The van der Waals surface area contributed by atoms with Crippen molar-refractivity contribution in [2.24, 2.45) is 0 Å². The maximum Gasteiger partial charge on any atom is 0.276 e. The molecule has 2 aromatic carbocycles. The van der Waals surface area contributed by atoms with E-state index < -0.39 is 11.8 Å². The first-order valence-corrected chi connectivity index (χ1v) is 8.96. The normalized spacial score (nSPS) is 10.7. The molecule has 6 heteroatoms. The maximum atomic E-state index is 12.3. The van der Waals surface area contributed by atoms with Gasteiger partial charge in [0, 0.05) is 0 Å². The lowest BCUT2D eigenvalue weighted by molar-refractivity contribution is -0.123. The number of hydrazine groups is 1. The topological polar surface area (TPSA) is 76.7 Å². The van der Waals surface area contributed by atoms with Crippen LogP contribution in [0.5, 0.6) is 11.5 Å². The van der Waals surface area contributed by atoms with Gasteiger partial charge in [-0.2, -0.15) is 0 Å². The Balaban J connectivity index is 1.84. The van der Waals surface area contributed by atoms with Crippen LogP contribution in [0.1, 0.15) is 36.7 Å². The van der Waals surface area contributed by atoms with Gasteiger partial charge < -0.3 is 9.47 Å². The van der Waals surface area contributed by atoms with Crippen molar-refractivity contribution in [3.8, 4) is 11.5 Å². The molecule has 2 amide bonds. The van der Waals surface area contributed by atoms with Crippen LogP contribution in [0.3, 0.4) is 0 Å². The van der Waals surface area contributed by atoms with E-state index >= 15 is 0 Å². The van der Waals surface area contributed by atoms with Crippen molar-refractivity contribution in [3.05, 3.63) is 72.3 Å². The third-order valence-corrected chi connectivity index (χ3v) is 3.89. The highest BCUT2D eigenvalue weighted by Gasteiger charge is 2.14. The van der Waals surface area contributed by atoms with Gasteiger partial charge in [-0.15, -0.1) is 0 Å². The molecule has 28 heavy (non-hydrogen) atoms. The van der Waals surface area contributed by atoms with E-state index in [2.05, 4.69) is 38.2 Å². The van der Waals surface area contributed by atoms with E-state index in [0.29, 0.717) is 17.1 Å².